The number of carbonyl (C=O) groups excluding carboxylic acids is 3. The van der Waals surface area contributed by atoms with Crippen molar-refractivity contribution < 1.29 is 33.0 Å². The third kappa shape index (κ3) is 10.7. The molecule has 9 nitrogen and oxygen atoms in total. The monoisotopic (exact) mass is 856 g/mol. The van der Waals surface area contributed by atoms with E-state index in [9.17, 15) is 23.5 Å². The van der Waals surface area contributed by atoms with Gasteiger partial charge in [0.25, 0.3) is 0 Å². The van der Waals surface area contributed by atoms with Gasteiger partial charge in [-0.2, -0.15) is 0 Å². The van der Waals surface area contributed by atoms with Crippen molar-refractivity contribution in [2.75, 3.05) is 13.1 Å². The Morgan fingerprint density at radius 3 is 1.98 bits per heavy atom. The van der Waals surface area contributed by atoms with Gasteiger partial charge in [0.1, 0.15) is 35.1 Å². The number of aliphatic hydroxyl groups is 1. The van der Waals surface area contributed by atoms with E-state index < -0.39 is 47.3 Å². The highest BCUT2D eigenvalue weighted by atomic mass is 19.1. The largest absolute Gasteiger partial charge is 0.489 e. The molecule has 2 aliphatic rings. The molecule has 3 amide bonds. The molecule has 2 heterocycles. The second-order valence-corrected chi connectivity index (χ2v) is 17.1. The second-order valence-electron chi connectivity index (χ2n) is 17.1. The van der Waals surface area contributed by atoms with Crippen molar-refractivity contribution in [2.24, 2.45) is 5.92 Å². The van der Waals surface area contributed by atoms with Gasteiger partial charge in [-0.25, -0.2) is 8.78 Å². The highest BCUT2D eigenvalue weighted by Crippen LogP contribution is 2.39. The molecule has 2 unspecified atom stereocenters. The molecule has 3 N–H and O–H groups in total. The van der Waals surface area contributed by atoms with E-state index in [1.807, 2.05) is 135 Å². The van der Waals surface area contributed by atoms with Crippen LogP contribution in [0, 0.1) is 17.6 Å². The Balaban J connectivity index is 1.27. The number of aryl methyl sites for hydroxylation is 1. The smallest absolute Gasteiger partial charge is 0.249 e. The first-order valence-corrected chi connectivity index (χ1v) is 22.1. The van der Waals surface area contributed by atoms with Crippen molar-refractivity contribution in [1.82, 2.24) is 20.4 Å². The van der Waals surface area contributed by atoms with E-state index in [-0.39, 0.29) is 54.8 Å². The molecule has 0 radical (unpaired) electrons. The number of carbonyl (C=O) groups is 3. The molecule has 63 heavy (non-hydrogen) atoms. The average Bonchev–Trinajstić information content (AvgIpc) is 3.84. The number of hydrogen-bond donors (Lipinski definition) is 3. The van der Waals surface area contributed by atoms with Crippen molar-refractivity contribution in [3.8, 4) is 5.75 Å². The van der Waals surface area contributed by atoms with Crippen LogP contribution in [0.5, 0.6) is 5.75 Å². The summed E-state index contributed by atoms with van der Waals surface area (Å²) in [4.78, 5) is 46.1. The molecular formula is C52H58F2N4O5. The van der Waals surface area contributed by atoms with Crippen molar-refractivity contribution >= 4 is 17.7 Å². The van der Waals surface area contributed by atoms with Crippen LogP contribution >= 0.6 is 0 Å². The molecule has 5 aromatic carbocycles. The van der Waals surface area contributed by atoms with Crippen molar-refractivity contribution in [3.63, 3.8) is 0 Å². The first-order valence-electron chi connectivity index (χ1n) is 22.1. The molecule has 7 atom stereocenters. The van der Waals surface area contributed by atoms with Gasteiger partial charge in [0.15, 0.2) is 0 Å². The Hall–Kier alpha value is -5.91. The molecule has 2 saturated heterocycles. The fourth-order valence-electron chi connectivity index (χ4n) is 9.69. The molecule has 0 aliphatic carbocycles. The summed E-state index contributed by atoms with van der Waals surface area (Å²) in [7, 11) is 0. The number of ether oxygens (including phenoxy) is 1. The number of likely N-dealkylation sites (tertiary alicyclic amines) is 2. The van der Waals surface area contributed by atoms with Gasteiger partial charge >= 0.3 is 0 Å². The van der Waals surface area contributed by atoms with Crippen LogP contribution in [0.4, 0.5) is 8.78 Å². The summed E-state index contributed by atoms with van der Waals surface area (Å²) in [5.74, 6) is -2.26. The first-order chi connectivity index (χ1) is 30.4. The Morgan fingerprint density at radius 2 is 1.41 bits per heavy atom. The molecule has 2 aliphatic heterocycles. The lowest BCUT2D eigenvalue weighted by Gasteiger charge is -2.39. The molecule has 7 rings (SSSR count). The van der Waals surface area contributed by atoms with Crippen LogP contribution in [0.15, 0.2) is 140 Å². The molecule has 11 heteroatoms. The van der Waals surface area contributed by atoms with Gasteiger partial charge in [-0.05, 0) is 78.1 Å². The van der Waals surface area contributed by atoms with Crippen molar-refractivity contribution in [3.05, 3.63) is 173 Å². The topological polar surface area (TPSA) is 111 Å². The lowest BCUT2D eigenvalue weighted by molar-refractivity contribution is -0.144. The zero-order chi connectivity index (χ0) is 44.5. The predicted octanol–water partition coefficient (Wildman–Crippen LogP) is 7.82. The van der Waals surface area contributed by atoms with E-state index >= 15 is 4.79 Å². The zero-order valence-electron chi connectivity index (χ0n) is 36.2. The highest BCUT2D eigenvalue weighted by Gasteiger charge is 2.53. The van der Waals surface area contributed by atoms with E-state index in [1.54, 1.807) is 4.90 Å². The van der Waals surface area contributed by atoms with Crippen LogP contribution in [0.25, 0.3) is 0 Å². The third-order valence-corrected chi connectivity index (χ3v) is 12.9. The predicted molar refractivity (Wildman–Crippen MR) is 240 cm³/mol. The van der Waals surface area contributed by atoms with Crippen molar-refractivity contribution in [2.45, 2.75) is 101 Å². The molecule has 0 spiro atoms. The lowest BCUT2D eigenvalue weighted by Crippen LogP contribution is -2.61. The van der Waals surface area contributed by atoms with Crippen LogP contribution in [0.1, 0.15) is 74.8 Å². The molecule has 5 aromatic rings. The normalized spacial score (nSPS) is 20.9. The number of aliphatic hydroxyl groups excluding tert-OH is 1. The number of para-hydroxylation sites is 1. The van der Waals surface area contributed by atoms with Gasteiger partial charge in [-0.15, -0.1) is 0 Å². The molecule has 0 aromatic heterocycles. The molecular weight excluding hydrogens is 799 g/mol. The second kappa shape index (κ2) is 20.5. The van der Waals surface area contributed by atoms with Crippen LogP contribution < -0.4 is 15.4 Å². The Bertz CT molecular complexity index is 2230. The minimum atomic E-state index is -1.29. The number of hydrogen-bond acceptors (Lipinski definition) is 6. The first kappa shape index (κ1) is 45.1. The van der Waals surface area contributed by atoms with Gasteiger partial charge in [-0.3, -0.25) is 19.3 Å². The molecule has 2 fully saturated rings. The number of rotatable bonds is 18. The van der Waals surface area contributed by atoms with E-state index in [1.165, 1.54) is 19.1 Å². The maximum absolute atomic E-state index is 15.1. The molecule has 330 valence electrons. The van der Waals surface area contributed by atoms with Gasteiger partial charge in [0.2, 0.25) is 17.7 Å². The van der Waals surface area contributed by atoms with Crippen molar-refractivity contribution in [1.29, 1.82) is 0 Å². The van der Waals surface area contributed by atoms with Crippen LogP contribution in [-0.2, 0) is 27.2 Å². The summed E-state index contributed by atoms with van der Waals surface area (Å²) in [6, 6.07) is 39.4. The van der Waals surface area contributed by atoms with E-state index in [4.69, 9.17) is 4.74 Å². The molecule has 0 bridgehead atoms. The maximum Gasteiger partial charge on any atom is 0.249 e. The van der Waals surface area contributed by atoms with Gasteiger partial charge in [0.05, 0.1) is 18.2 Å². The fourth-order valence-corrected chi connectivity index (χ4v) is 9.69. The number of nitrogens with zero attached hydrogens (tertiary/aromatic N) is 2. The summed E-state index contributed by atoms with van der Waals surface area (Å²) in [5.41, 5.74) is 2.02. The van der Waals surface area contributed by atoms with E-state index in [0.29, 0.717) is 38.0 Å². The van der Waals surface area contributed by atoms with Crippen LogP contribution in [-0.4, -0.2) is 81.6 Å². The van der Waals surface area contributed by atoms with Gasteiger partial charge in [-0.1, -0.05) is 129 Å². The number of amides is 3. The number of nitrogens with one attached hydrogen (secondary N) is 2. The van der Waals surface area contributed by atoms with E-state index in [0.717, 1.165) is 22.8 Å². The highest BCUT2D eigenvalue weighted by molar-refractivity contribution is 5.96. The Morgan fingerprint density at radius 1 is 0.841 bits per heavy atom. The Kier molecular flexibility index (Phi) is 14.7. The SMILES string of the molecule is CC[C@@H](C)C1(NC(C)=O)CCN(C(CCc2ccccc2)C(=O)N[C@@H](Cc2cc(F)cc(F)c2)[C@H](O)[C@H]2C[C@H](Oc3ccccc3)CN2C(c2ccccc2)c2ccccc2)C1=O. The zero-order valence-corrected chi connectivity index (χ0v) is 36.2. The lowest BCUT2D eigenvalue weighted by atomic mass is 9.81. The third-order valence-electron chi connectivity index (χ3n) is 12.9. The van der Waals surface area contributed by atoms with Gasteiger partial charge in [0, 0.05) is 38.5 Å². The maximum atomic E-state index is 15.1. The van der Waals surface area contributed by atoms with Crippen LogP contribution in [0.2, 0.25) is 0 Å². The summed E-state index contributed by atoms with van der Waals surface area (Å²) in [6.45, 7) is 5.93. The number of benzene rings is 5. The quantitative estimate of drug-likeness (QED) is 0.0830. The molecule has 0 saturated carbocycles. The standard InChI is InChI=1S/C52H58F2N4O5/c1-4-35(2)52(56-36(3)59)27-28-57(51(52)62)46(26-25-37-17-9-5-10-18-37)50(61)55-45(31-38-29-41(53)32-42(54)30-38)49(60)47-33-44(63-43-23-15-8-16-24-43)34-58(47)48(39-19-11-6-12-20-39)40-21-13-7-14-22-40/h5-24,29-30,32,35,44-49,60H,4,25-28,31,33-34H2,1-3H3,(H,55,61)(H,56,59)/t35-,44+,45+,46?,47-,49+,52?/m1/s1. The minimum absolute atomic E-state index is 0.112. The van der Waals surface area contributed by atoms with Gasteiger partial charge < -0.3 is 25.4 Å². The van der Waals surface area contributed by atoms with Crippen LogP contribution in [0.3, 0.4) is 0 Å². The average molecular weight is 857 g/mol. The van der Waals surface area contributed by atoms with E-state index in [2.05, 4.69) is 15.5 Å². The Labute approximate surface area is 369 Å². The summed E-state index contributed by atoms with van der Waals surface area (Å²) >= 11 is 0. The number of halogens is 2. The minimum Gasteiger partial charge on any atom is -0.489 e. The summed E-state index contributed by atoms with van der Waals surface area (Å²) in [6.07, 6.45) is 0.263. The summed E-state index contributed by atoms with van der Waals surface area (Å²) < 4.78 is 36.3. The summed E-state index contributed by atoms with van der Waals surface area (Å²) in [5, 5.41) is 19.0. The fraction of sp³-hybridized carbons (Fsp3) is 0.365.